The van der Waals surface area contributed by atoms with Crippen LogP contribution >= 0.6 is 11.3 Å². The van der Waals surface area contributed by atoms with E-state index in [-0.39, 0.29) is 24.7 Å². The van der Waals surface area contributed by atoms with Gasteiger partial charge in [-0.05, 0) is 32.6 Å². The third-order valence-corrected chi connectivity index (χ3v) is 4.76. The molecule has 1 aromatic heterocycles. The van der Waals surface area contributed by atoms with Crippen LogP contribution in [0.4, 0.5) is 5.13 Å². The molecule has 22 heavy (non-hydrogen) atoms. The predicted molar refractivity (Wildman–Crippen MR) is 86.8 cm³/mol. The van der Waals surface area contributed by atoms with Gasteiger partial charge < -0.3 is 10.2 Å². The van der Waals surface area contributed by atoms with Crippen LogP contribution in [0, 0.1) is 0 Å². The highest BCUT2D eigenvalue weighted by molar-refractivity contribution is 7.15. The summed E-state index contributed by atoms with van der Waals surface area (Å²) >= 11 is 1.40. The van der Waals surface area contributed by atoms with Gasteiger partial charge >= 0.3 is 0 Å². The molecule has 0 bridgehead atoms. The molecule has 0 radical (unpaired) electrons. The molecule has 0 spiro atoms. The average Bonchev–Trinajstić information content (AvgIpc) is 2.93. The minimum absolute atomic E-state index is 0.0753. The normalized spacial score (nSPS) is 18.3. The van der Waals surface area contributed by atoms with E-state index in [2.05, 4.69) is 29.4 Å². The minimum atomic E-state index is -0.169. The van der Waals surface area contributed by atoms with Crippen LogP contribution in [0.5, 0.6) is 0 Å². The standard InChI is InChI=1S/C15H24N4O2S/c1-3-6-13-17-18-15(22-13)16-12(20)8-9-14(21)19-10-5-4-7-11(19)2/h11H,3-10H2,1-2H3,(H,16,18,20). The summed E-state index contributed by atoms with van der Waals surface area (Å²) in [5.41, 5.74) is 0. The first-order valence-electron chi connectivity index (χ1n) is 8.02. The second-order valence-corrected chi connectivity index (χ2v) is 6.79. The van der Waals surface area contributed by atoms with E-state index in [1.165, 1.54) is 17.8 Å². The van der Waals surface area contributed by atoms with Crippen molar-refractivity contribution >= 4 is 28.3 Å². The zero-order chi connectivity index (χ0) is 15.9. The van der Waals surface area contributed by atoms with Crippen LogP contribution in [0.1, 0.15) is 57.4 Å². The molecule has 0 saturated carbocycles. The highest BCUT2D eigenvalue weighted by atomic mass is 32.1. The maximum absolute atomic E-state index is 12.2. The Morgan fingerprint density at radius 3 is 2.86 bits per heavy atom. The lowest BCUT2D eigenvalue weighted by Gasteiger charge is -2.33. The number of aromatic nitrogens is 2. The van der Waals surface area contributed by atoms with Crippen LogP contribution in [0.3, 0.4) is 0 Å². The molecular weight excluding hydrogens is 300 g/mol. The number of carbonyl (C=O) groups excluding carboxylic acids is 2. The van der Waals surface area contributed by atoms with E-state index in [1.54, 1.807) is 0 Å². The number of rotatable bonds is 6. The molecule has 1 unspecified atom stereocenters. The van der Waals surface area contributed by atoms with E-state index in [4.69, 9.17) is 0 Å². The second-order valence-electron chi connectivity index (χ2n) is 5.73. The lowest BCUT2D eigenvalue weighted by molar-refractivity contribution is -0.135. The first-order chi connectivity index (χ1) is 10.6. The lowest BCUT2D eigenvalue weighted by Crippen LogP contribution is -2.42. The third-order valence-electron chi connectivity index (χ3n) is 3.87. The smallest absolute Gasteiger partial charge is 0.226 e. The van der Waals surface area contributed by atoms with Crippen LogP contribution < -0.4 is 5.32 Å². The van der Waals surface area contributed by atoms with Gasteiger partial charge in [-0.2, -0.15) is 0 Å². The summed E-state index contributed by atoms with van der Waals surface area (Å²) in [5, 5.41) is 12.1. The van der Waals surface area contributed by atoms with Crippen LogP contribution in [-0.4, -0.2) is 39.5 Å². The quantitative estimate of drug-likeness (QED) is 0.873. The molecule has 2 heterocycles. The number of hydrogen-bond donors (Lipinski definition) is 1. The zero-order valence-corrected chi connectivity index (χ0v) is 14.1. The van der Waals surface area contributed by atoms with E-state index < -0.39 is 0 Å². The van der Waals surface area contributed by atoms with E-state index in [0.717, 1.165) is 37.2 Å². The molecule has 0 aliphatic carbocycles. The van der Waals surface area contributed by atoms with Crippen molar-refractivity contribution in [3.8, 4) is 0 Å². The van der Waals surface area contributed by atoms with Gasteiger partial charge in [-0.3, -0.25) is 9.59 Å². The van der Waals surface area contributed by atoms with Gasteiger partial charge in [0.15, 0.2) is 0 Å². The van der Waals surface area contributed by atoms with Gasteiger partial charge in [-0.1, -0.05) is 18.3 Å². The van der Waals surface area contributed by atoms with Gasteiger partial charge in [0, 0.05) is 31.8 Å². The van der Waals surface area contributed by atoms with Crippen LogP contribution in [-0.2, 0) is 16.0 Å². The number of amides is 2. The molecule has 122 valence electrons. The fraction of sp³-hybridized carbons (Fsp3) is 0.733. The number of hydrogen-bond acceptors (Lipinski definition) is 5. The zero-order valence-electron chi connectivity index (χ0n) is 13.3. The van der Waals surface area contributed by atoms with Gasteiger partial charge in [0.05, 0.1) is 0 Å². The summed E-state index contributed by atoms with van der Waals surface area (Å²) in [6, 6.07) is 0.295. The van der Waals surface area contributed by atoms with Gasteiger partial charge in [0.25, 0.3) is 0 Å². The van der Waals surface area contributed by atoms with Gasteiger partial charge in [-0.15, -0.1) is 10.2 Å². The first kappa shape index (κ1) is 16.9. The fourth-order valence-corrected chi connectivity index (χ4v) is 3.49. The Morgan fingerprint density at radius 2 is 2.14 bits per heavy atom. The van der Waals surface area contributed by atoms with E-state index >= 15 is 0 Å². The number of piperidine rings is 1. The number of aryl methyl sites for hydroxylation is 1. The van der Waals surface area contributed by atoms with Crippen molar-refractivity contribution in [3.05, 3.63) is 5.01 Å². The molecular formula is C15H24N4O2S. The summed E-state index contributed by atoms with van der Waals surface area (Å²) in [6.45, 7) is 4.97. The molecule has 1 aliphatic rings. The van der Waals surface area contributed by atoms with Gasteiger partial charge in [0.2, 0.25) is 16.9 Å². The Morgan fingerprint density at radius 1 is 1.32 bits per heavy atom. The topological polar surface area (TPSA) is 75.2 Å². The number of likely N-dealkylation sites (tertiary alicyclic amines) is 1. The maximum Gasteiger partial charge on any atom is 0.226 e. The number of nitrogens with zero attached hydrogens (tertiary/aromatic N) is 3. The molecule has 1 aromatic rings. The van der Waals surface area contributed by atoms with Gasteiger partial charge in [-0.25, -0.2) is 0 Å². The van der Waals surface area contributed by atoms with Crippen molar-refractivity contribution in [3.63, 3.8) is 0 Å². The SMILES string of the molecule is CCCc1nnc(NC(=O)CCC(=O)N2CCCCC2C)s1. The monoisotopic (exact) mass is 324 g/mol. The molecule has 1 saturated heterocycles. The lowest BCUT2D eigenvalue weighted by atomic mass is 10.0. The summed E-state index contributed by atoms with van der Waals surface area (Å²) in [5.74, 6) is -0.0940. The molecule has 2 amide bonds. The average molecular weight is 324 g/mol. The van der Waals surface area contributed by atoms with Crippen LogP contribution in [0.2, 0.25) is 0 Å². The largest absolute Gasteiger partial charge is 0.340 e. The third kappa shape index (κ3) is 4.76. The maximum atomic E-state index is 12.2. The summed E-state index contributed by atoms with van der Waals surface area (Å²) in [4.78, 5) is 26.0. The molecule has 1 N–H and O–H groups in total. The summed E-state index contributed by atoms with van der Waals surface area (Å²) < 4.78 is 0. The van der Waals surface area contributed by atoms with Crippen molar-refractivity contribution < 1.29 is 9.59 Å². The highest BCUT2D eigenvalue weighted by Crippen LogP contribution is 2.19. The molecule has 2 rings (SSSR count). The van der Waals surface area contributed by atoms with Crippen LogP contribution in [0.25, 0.3) is 0 Å². The predicted octanol–water partition coefficient (Wildman–Crippen LogP) is 2.61. The minimum Gasteiger partial charge on any atom is -0.340 e. The molecule has 1 atom stereocenters. The Balaban J connectivity index is 1.75. The summed E-state index contributed by atoms with van der Waals surface area (Å²) in [7, 11) is 0. The molecule has 1 aliphatic heterocycles. The molecule has 0 aromatic carbocycles. The number of carbonyl (C=O) groups is 2. The number of anilines is 1. The van der Waals surface area contributed by atoms with Crippen molar-refractivity contribution in [2.24, 2.45) is 0 Å². The Hall–Kier alpha value is -1.50. The van der Waals surface area contributed by atoms with E-state index in [9.17, 15) is 9.59 Å². The first-order valence-corrected chi connectivity index (χ1v) is 8.83. The van der Waals surface area contributed by atoms with Crippen molar-refractivity contribution in [1.82, 2.24) is 15.1 Å². The molecule has 7 heteroatoms. The fourth-order valence-electron chi connectivity index (χ4n) is 2.63. The van der Waals surface area contributed by atoms with Crippen molar-refractivity contribution in [2.75, 3.05) is 11.9 Å². The summed E-state index contributed by atoms with van der Waals surface area (Å²) in [6.07, 6.45) is 5.64. The molecule has 1 fully saturated rings. The van der Waals surface area contributed by atoms with Crippen LogP contribution in [0.15, 0.2) is 0 Å². The van der Waals surface area contributed by atoms with E-state index in [1.807, 2.05) is 4.90 Å². The molecule has 6 nitrogen and oxygen atoms in total. The van der Waals surface area contributed by atoms with Gasteiger partial charge in [0.1, 0.15) is 5.01 Å². The van der Waals surface area contributed by atoms with Crippen molar-refractivity contribution in [2.45, 2.75) is 64.8 Å². The second kappa shape index (κ2) is 8.22. The number of nitrogens with one attached hydrogen (secondary N) is 1. The Labute approximate surface area is 135 Å². The Kier molecular flexibility index (Phi) is 6.30. The Bertz CT molecular complexity index is 517. The van der Waals surface area contributed by atoms with E-state index in [0.29, 0.717) is 11.2 Å². The highest BCUT2D eigenvalue weighted by Gasteiger charge is 2.23. The van der Waals surface area contributed by atoms with Crippen molar-refractivity contribution in [1.29, 1.82) is 0 Å².